The van der Waals surface area contributed by atoms with Crippen LogP contribution < -0.4 is 11.1 Å². The summed E-state index contributed by atoms with van der Waals surface area (Å²) in [6.07, 6.45) is -0.105. The predicted molar refractivity (Wildman–Crippen MR) is 93.1 cm³/mol. The smallest absolute Gasteiger partial charge is 0.242 e. The van der Waals surface area contributed by atoms with Gasteiger partial charge in [0.1, 0.15) is 6.04 Å². The number of rotatable bonds is 3. The fourth-order valence-electron chi connectivity index (χ4n) is 2.85. The maximum atomic E-state index is 12.5. The van der Waals surface area contributed by atoms with Crippen LogP contribution in [0.15, 0.2) is 0 Å². The number of nitrogens with zero attached hydrogens (tertiary/aromatic N) is 2. The zero-order chi connectivity index (χ0) is 15.6. The molecule has 9 heteroatoms. The van der Waals surface area contributed by atoms with Crippen molar-refractivity contribution >= 4 is 36.6 Å². The number of ether oxygens (including phenoxy) is 1. The highest BCUT2D eigenvalue weighted by Crippen LogP contribution is 2.17. The SMILES string of the molecule is C[C@H]1OCCN[C@@H]1C(=O)N1CCN(C(C)(C)C(N)=O)CC1.Cl.Cl. The molecule has 2 amide bonds. The molecule has 0 radical (unpaired) electrons. The number of hydrogen-bond donors (Lipinski definition) is 2. The van der Waals surface area contributed by atoms with Crippen molar-refractivity contribution in [1.29, 1.82) is 0 Å². The van der Waals surface area contributed by atoms with Crippen molar-refractivity contribution in [2.75, 3.05) is 39.3 Å². The number of carbonyl (C=O) groups excluding carboxylic acids is 2. The van der Waals surface area contributed by atoms with Crippen LogP contribution in [0.1, 0.15) is 20.8 Å². The highest BCUT2D eigenvalue weighted by atomic mass is 35.5. The molecular formula is C14H28Cl2N4O3. The second kappa shape index (κ2) is 9.03. The van der Waals surface area contributed by atoms with Crippen molar-refractivity contribution in [3.8, 4) is 0 Å². The quantitative estimate of drug-likeness (QED) is 0.706. The molecule has 2 fully saturated rings. The molecule has 136 valence electrons. The molecule has 23 heavy (non-hydrogen) atoms. The fourth-order valence-corrected chi connectivity index (χ4v) is 2.85. The summed E-state index contributed by atoms with van der Waals surface area (Å²) in [7, 11) is 0. The number of piperazine rings is 1. The summed E-state index contributed by atoms with van der Waals surface area (Å²) in [5.74, 6) is -0.253. The van der Waals surface area contributed by atoms with Crippen molar-refractivity contribution in [1.82, 2.24) is 15.1 Å². The van der Waals surface area contributed by atoms with E-state index in [0.29, 0.717) is 39.3 Å². The van der Waals surface area contributed by atoms with Crippen LogP contribution in [0, 0.1) is 0 Å². The average Bonchev–Trinajstić information content (AvgIpc) is 2.47. The molecule has 3 N–H and O–H groups in total. The molecule has 2 aliphatic rings. The van der Waals surface area contributed by atoms with Gasteiger partial charge in [0.15, 0.2) is 0 Å². The van der Waals surface area contributed by atoms with Crippen molar-refractivity contribution in [2.45, 2.75) is 38.5 Å². The second-order valence-corrected chi connectivity index (χ2v) is 6.24. The summed E-state index contributed by atoms with van der Waals surface area (Å²) in [4.78, 5) is 27.9. The molecule has 0 saturated carbocycles. The third kappa shape index (κ3) is 4.93. The minimum absolute atomic E-state index is 0. The van der Waals surface area contributed by atoms with Gasteiger partial charge < -0.3 is 20.7 Å². The number of nitrogens with two attached hydrogens (primary N) is 1. The number of halogens is 2. The first-order valence-corrected chi connectivity index (χ1v) is 7.53. The molecule has 0 aromatic rings. The number of morpholine rings is 1. The lowest BCUT2D eigenvalue weighted by molar-refractivity contribution is -0.143. The van der Waals surface area contributed by atoms with Gasteiger partial charge >= 0.3 is 0 Å². The largest absolute Gasteiger partial charge is 0.375 e. The van der Waals surface area contributed by atoms with Crippen LogP contribution in [0.25, 0.3) is 0 Å². The predicted octanol–water partition coefficient (Wildman–Crippen LogP) is -0.385. The van der Waals surface area contributed by atoms with Crippen LogP contribution in [-0.4, -0.2) is 78.6 Å². The van der Waals surface area contributed by atoms with E-state index in [-0.39, 0.29) is 48.8 Å². The highest BCUT2D eigenvalue weighted by Gasteiger charge is 2.38. The van der Waals surface area contributed by atoms with Gasteiger partial charge in [-0.3, -0.25) is 14.5 Å². The Balaban J connectivity index is 0.00000242. The zero-order valence-corrected chi connectivity index (χ0v) is 15.5. The molecule has 0 bridgehead atoms. The summed E-state index contributed by atoms with van der Waals surface area (Å²) < 4.78 is 5.53. The third-order valence-corrected chi connectivity index (χ3v) is 4.57. The maximum absolute atomic E-state index is 12.5. The van der Waals surface area contributed by atoms with Gasteiger partial charge in [0.25, 0.3) is 0 Å². The Morgan fingerprint density at radius 3 is 2.22 bits per heavy atom. The molecule has 0 spiro atoms. The van der Waals surface area contributed by atoms with E-state index in [9.17, 15) is 9.59 Å². The normalized spacial score (nSPS) is 26.0. The first-order chi connectivity index (χ1) is 9.84. The summed E-state index contributed by atoms with van der Waals surface area (Å²) >= 11 is 0. The summed E-state index contributed by atoms with van der Waals surface area (Å²) in [5.41, 5.74) is 4.77. The monoisotopic (exact) mass is 370 g/mol. The van der Waals surface area contributed by atoms with Gasteiger partial charge in [-0.1, -0.05) is 0 Å². The lowest BCUT2D eigenvalue weighted by atomic mass is 10.0. The molecule has 2 atom stereocenters. The van der Waals surface area contributed by atoms with Crippen LogP contribution in [-0.2, 0) is 14.3 Å². The highest BCUT2D eigenvalue weighted by molar-refractivity contribution is 5.86. The van der Waals surface area contributed by atoms with Crippen LogP contribution in [0.2, 0.25) is 0 Å². The average molecular weight is 371 g/mol. The maximum Gasteiger partial charge on any atom is 0.242 e. The Kier molecular flexibility index (Phi) is 8.80. The first-order valence-electron chi connectivity index (χ1n) is 7.53. The number of amides is 2. The lowest BCUT2D eigenvalue weighted by Crippen LogP contribution is -2.63. The lowest BCUT2D eigenvalue weighted by Gasteiger charge is -2.43. The van der Waals surface area contributed by atoms with Crippen molar-refractivity contribution < 1.29 is 14.3 Å². The van der Waals surface area contributed by atoms with E-state index in [4.69, 9.17) is 10.5 Å². The summed E-state index contributed by atoms with van der Waals surface area (Å²) in [6, 6.07) is -0.269. The molecule has 2 rings (SSSR count). The van der Waals surface area contributed by atoms with E-state index in [1.807, 2.05) is 30.6 Å². The molecule has 0 aliphatic carbocycles. The van der Waals surface area contributed by atoms with Gasteiger partial charge in [0.05, 0.1) is 18.2 Å². The van der Waals surface area contributed by atoms with Crippen LogP contribution in [0.5, 0.6) is 0 Å². The minimum atomic E-state index is -0.672. The molecule has 0 aromatic heterocycles. The third-order valence-electron chi connectivity index (χ3n) is 4.57. The van der Waals surface area contributed by atoms with E-state index >= 15 is 0 Å². The van der Waals surface area contributed by atoms with Gasteiger partial charge in [-0.05, 0) is 20.8 Å². The van der Waals surface area contributed by atoms with Crippen LogP contribution in [0.3, 0.4) is 0 Å². The van der Waals surface area contributed by atoms with E-state index in [2.05, 4.69) is 5.32 Å². The molecule has 0 aromatic carbocycles. The Bertz CT molecular complexity index is 415. The molecule has 2 heterocycles. The standard InChI is InChI=1S/C14H26N4O3.2ClH/c1-10-11(16-4-9-21-10)12(19)17-5-7-18(8-6-17)14(2,3)13(15)20;;/h10-11,16H,4-9H2,1-3H3,(H2,15,20);2*1H/t10-,11+;;/m1../s1. The van der Waals surface area contributed by atoms with Crippen molar-refractivity contribution in [3.05, 3.63) is 0 Å². The Morgan fingerprint density at radius 2 is 1.74 bits per heavy atom. The van der Waals surface area contributed by atoms with Gasteiger partial charge in [-0.25, -0.2) is 0 Å². The van der Waals surface area contributed by atoms with E-state index < -0.39 is 5.54 Å². The van der Waals surface area contributed by atoms with Gasteiger partial charge in [-0.2, -0.15) is 0 Å². The van der Waals surface area contributed by atoms with E-state index in [1.54, 1.807) is 0 Å². The van der Waals surface area contributed by atoms with Crippen molar-refractivity contribution in [2.24, 2.45) is 5.73 Å². The number of primary amides is 1. The summed E-state index contributed by atoms with van der Waals surface area (Å²) in [5, 5.41) is 3.22. The van der Waals surface area contributed by atoms with Gasteiger partial charge in [-0.15, -0.1) is 24.8 Å². The van der Waals surface area contributed by atoms with Crippen LogP contribution in [0.4, 0.5) is 0 Å². The fraction of sp³-hybridized carbons (Fsp3) is 0.857. The van der Waals surface area contributed by atoms with E-state index in [1.165, 1.54) is 0 Å². The number of carbonyl (C=O) groups is 2. The molecule has 2 saturated heterocycles. The first kappa shape index (κ1) is 22.4. The van der Waals surface area contributed by atoms with Gasteiger partial charge in [0.2, 0.25) is 11.8 Å². The molecule has 7 nitrogen and oxygen atoms in total. The van der Waals surface area contributed by atoms with Crippen molar-refractivity contribution in [3.63, 3.8) is 0 Å². The van der Waals surface area contributed by atoms with Crippen LogP contribution >= 0.6 is 24.8 Å². The molecular weight excluding hydrogens is 343 g/mol. The Hall–Kier alpha value is -0.600. The topological polar surface area (TPSA) is 87.9 Å². The molecule has 2 aliphatic heterocycles. The Morgan fingerprint density at radius 1 is 1.17 bits per heavy atom. The van der Waals surface area contributed by atoms with E-state index in [0.717, 1.165) is 0 Å². The Labute approximate surface area is 150 Å². The number of nitrogens with one attached hydrogen (secondary N) is 1. The zero-order valence-electron chi connectivity index (χ0n) is 13.9. The summed E-state index contributed by atoms with van der Waals surface area (Å²) in [6.45, 7) is 9.45. The molecule has 0 unspecified atom stereocenters. The second-order valence-electron chi connectivity index (χ2n) is 6.24. The number of hydrogen-bond acceptors (Lipinski definition) is 5. The minimum Gasteiger partial charge on any atom is -0.375 e. The van der Waals surface area contributed by atoms with Gasteiger partial charge in [0, 0.05) is 32.7 Å².